The van der Waals surface area contributed by atoms with Gasteiger partial charge in [0.1, 0.15) is 0 Å². The lowest BCUT2D eigenvalue weighted by Gasteiger charge is -2.27. The molecule has 112 valence electrons. The predicted molar refractivity (Wildman–Crippen MR) is 82.6 cm³/mol. The van der Waals surface area contributed by atoms with E-state index in [0.717, 1.165) is 26.2 Å². The third-order valence-electron chi connectivity index (χ3n) is 3.11. The lowest BCUT2D eigenvalue weighted by Crippen LogP contribution is -2.46. The zero-order chi connectivity index (χ0) is 13.5. The van der Waals surface area contributed by atoms with Crippen molar-refractivity contribution in [2.45, 2.75) is 12.8 Å². The third kappa shape index (κ3) is 5.11. The number of hydrogen-bond donors (Lipinski definition) is 2. The number of thiophene rings is 1. The Kier molecular flexibility index (Phi) is 7.58. The van der Waals surface area contributed by atoms with Crippen molar-refractivity contribution in [2.24, 2.45) is 0 Å². The molecule has 1 aromatic heterocycles. The summed E-state index contributed by atoms with van der Waals surface area (Å²) >= 11 is 1.50. The first kappa shape index (κ1) is 16.9. The van der Waals surface area contributed by atoms with Crippen LogP contribution in [0.2, 0.25) is 0 Å². The Hall–Kier alpha value is -1.11. The lowest BCUT2D eigenvalue weighted by molar-refractivity contribution is -0.131. The molecule has 5 nitrogen and oxygen atoms in total. The molecular formula is C13H20ClN3O2S. The molecule has 0 unspecified atom stereocenters. The van der Waals surface area contributed by atoms with E-state index in [2.05, 4.69) is 10.6 Å². The van der Waals surface area contributed by atoms with Crippen LogP contribution in [0.4, 0.5) is 0 Å². The summed E-state index contributed by atoms with van der Waals surface area (Å²) in [6.07, 6.45) is 1.20. The number of hydrogen-bond acceptors (Lipinski definition) is 4. The molecule has 1 aromatic rings. The Labute approximate surface area is 129 Å². The van der Waals surface area contributed by atoms with E-state index in [1.54, 1.807) is 6.07 Å². The molecule has 1 saturated heterocycles. The van der Waals surface area contributed by atoms with Crippen LogP contribution in [0.25, 0.3) is 0 Å². The molecule has 2 amide bonds. The van der Waals surface area contributed by atoms with E-state index in [1.807, 2.05) is 15.7 Å². The molecule has 1 aliphatic rings. The van der Waals surface area contributed by atoms with Crippen molar-refractivity contribution in [2.75, 3.05) is 32.7 Å². The normalized spacial score (nSPS) is 14.5. The second kappa shape index (κ2) is 8.94. The van der Waals surface area contributed by atoms with Crippen molar-refractivity contribution in [3.8, 4) is 0 Å². The number of amides is 2. The first-order valence-corrected chi connectivity index (χ1v) is 7.50. The molecule has 0 bridgehead atoms. The quantitative estimate of drug-likeness (QED) is 0.800. The van der Waals surface area contributed by atoms with Gasteiger partial charge in [-0.15, -0.1) is 12.4 Å². The molecule has 0 saturated carbocycles. The van der Waals surface area contributed by atoms with Gasteiger partial charge in [0.2, 0.25) is 5.91 Å². The molecule has 0 spiro atoms. The monoisotopic (exact) mass is 317 g/mol. The van der Waals surface area contributed by atoms with E-state index in [0.29, 0.717) is 24.9 Å². The van der Waals surface area contributed by atoms with E-state index in [9.17, 15) is 9.59 Å². The zero-order valence-electron chi connectivity index (χ0n) is 11.3. The average Bonchev–Trinajstić information content (AvgIpc) is 2.98. The molecule has 1 aliphatic heterocycles. The molecular weight excluding hydrogens is 298 g/mol. The summed E-state index contributed by atoms with van der Waals surface area (Å²) in [5.41, 5.74) is 0.693. The molecule has 0 radical (unpaired) electrons. The maximum Gasteiger partial charge on any atom is 0.252 e. The Balaban J connectivity index is 0.00000200. The van der Waals surface area contributed by atoms with E-state index in [4.69, 9.17) is 0 Å². The molecule has 7 heteroatoms. The fraction of sp³-hybridized carbons (Fsp3) is 0.538. The Morgan fingerprint density at radius 2 is 2.10 bits per heavy atom. The van der Waals surface area contributed by atoms with Gasteiger partial charge in [0.25, 0.3) is 5.91 Å². The number of nitrogens with one attached hydrogen (secondary N) is 2. The predicted octanol–water partition coefficient (Wildman–Crippen LogP) is 1.11. The minimum Gasteiger partial charge on any atom is -0.352 e. The maximum atomic E-state index is 11.9. The van der Waals surface area contributed by atoms with Gasteiger partial charge in [0.05, 0.1) is 0 Å². The smallest absolute Gasteiger partial charge is 0.252 e. The van der Waals surface area contributed by atoms with Crippen LogP contribution < -0.4 is 10.6 Å². The molecule has 0 atom stereocenters. The highest BCUT2D eigenvalue weighted by Crippen LogP contribution is 2.05. The van der Waals surface area contributed by atoms with Crippen molar-refractivity contribution in [3.63, 3.8) is 0 Å². The molecule has 20 heavy (non-hydrogen) atoms. The number of halogens is 1. The van der Waals surface area contributed by atoms with Crippen LogP contribution in [-0.2, 0) is 4.79 Å². The number of rotatable bonds is 5. The van der Waals surface area contributed by atoms with E-state index in [1.165, 1.54) is 11.3 Å². The number of nitrogens with zero attached hydrogens (tertiary/aromatic N) is 1. The summed E-state index contributed by atoms with van der Waals surface area (Å²) in [7, 11) is 0. The van der Waals surface area contributed by atoms with Crippen molar-refractivity contribution in [1.82, 2.24) is 15.5 Å². The second-order valence-electron chi connectivity index (χ2n) is 4.50. The van der Waals surface area contributed by atoms with Crippen molar-refractivity contribution in [3.05, 3.63) is 22.4 Å². The van der Waals surface area contributed by atoms with Crippen molar-refractivity contribution in [1.29, 1.82) is 0 Å². The van der Waals surface area contributed by atoms with Gasteiger partial charge in [-0.25, -0.2) is 0 Å². The van der Waals surface area contributed by atoms with E-state index in [-0.39, 0.29) is 24.2 Å². The average molecular weight is 318 g/mol. The van der Waals surface area contributed by atoms with Gasteiger partial charge >= 0.3 is 0 Å². The fourth-order valence-corrected chi connectivity index (χ4v) is 2.65. The SMILES string of the molecule is Cl.O=C(NCCCC(=O)N1CCNCC1)c1ccsc1. The summed E-state index contributed by atoms with van der Waals surface area (Å²) in [4.78, 5) is 25.4. The summed E-state index contributed by atoms with van der Waals surface area (Å²) in [6, 6.07) is 1.80. The second-order valence-corrected chi connectivity index (χ2v) is 5.28. The molecule has 1 fully saturated rings. The van der Waals surface area contributed by atoms with Gasteiger partial charge in [-0.3, -0.25) is 9.59 Å². The van der Waals surface area contributed by atoms with Gasteiger partial charge in [0, 0.05) is 50.1 Å². The Morgan fingerprint density at radius 3 is 2.75 bits per heavy atom. The Morgan fingerprint density at radius 1 is 1.35 bits per heavy atom. The first-order valence-electron chi connectivity index (χ1n) is 6.56. The number of carbonyl (C=O) groups excluding carboxylic acids is 2. The minimum absolute atomic E-state index is 0. The first-order chi connectivity index (χ1) is 9.27. The van der Waals surface area contributed by atoms with E-state index >= 15 is 0 Å². The summed E-state index contributed by atoms with van der Waals surface area (Å²) < 4.78 is 0. The van der Waals surface area contributed by atoms with Crippen molar-refractivity contribution >= 4 is 35.6 Å². The van der Waals surface area contributed by atoms with Crippen LogP contribution >= 0.6 is 23.7 Å². The standard InChI is InChI=1S/C13H19N3O2S.ClH/c17-12(16-7-5-14-6-8-16)2-1-4-15-13(18)11-3-9-19-10-11;/h3,9-10,14H,1-2,4-8H2,(H,15,18);1H. The third-order valence-corrected chi connectivity index (χ3v) is 3.79. The molecule has 2 rings (SSSR count). The van der Waals surface area contributed by atoms with Crippen LogP contribution in [-0.4, -0.2) is 49.4 Å². The zero-order valence-corrected chi connectivity index (χ0v) is 12.9. The van der Waals surface area contributed by atoms with Crippen LogP contribution in [0.5, 0.6) is 0 Å². The van der Waals surface area contributed by atoms with Crippen LogP contribution in [0, 0.1) is 0 Å². The highest BCUT2D eigenvalue weighted by atomic mass is 35.5. The number of carbonyl (C=O) groups is 2. The summed E-state index contributed by atoms with van der Waals surface area (Å²) in [5, 5.41) is 9.74. The van der Waals surface area contributed by atoms with Crippen LogP contribution in [0.1, 0.15) is 23.2 Å². The van der Waals surface area contributed by atoms with Gasteiger partial charge in [-0.05, 0) is 17.9 Å². The van der Waals surface area contributed by atoms with Gasteiger partial charge in [0.15, 0.2) is 0 Å². The van der Waals surface area contributed by atoms with Gasteiger partial charge < -0.3 is 15.5 Å². The van der Waals surface area contributed by atoms with Gasteiger partial charge in [-0.1, -0.05) is 0 Å². The molecule has 2 N–H and O–H groups in total. The summed E-state index contributed by atoms with van der Waals surface area (Å²) in [5.74, 6) is 0.127. The fourth-order valence-electron chi connectivity index (χ4n) is 2.01. The largest absolute Gasteiger partial charge is 0.352 e. The minimum atomic E-state index is -0.0594. The summed E-state index contributed by atoms with van der Waals surface area (Å²) in [6.45, 7) is 3.88. The lowest BCUT2D eigenvalue weighted by atomic mass is 10.2. The maximum absolute atomic E-state index is 11.9. The van der Waals surface area contributed by atoms with Crippen molar-refractivity contribution < 1.29 is 9.59 Å². The highest BCUT2D eigenvalue weighted by molar-refractivity contribution is 7.08. The Bertz CT molecular complexity index is 419. The topological polar surface area (TPSA) is 61.4 Å². The van der Waals surface area contributed by atoms with Gasteiger partial charge in [-0.2, -0.15) is 11.3 Å². The van der Waals surface area contributed by atoms with Crippen LogP contribution in [0.3, 0.4) is 0 Å². The highest BCUT2D eigenvalue weighted by Gasteiger charge is 2.15. The molecule has 2 heterocycles. The number of piperazine rings is 1. The molecule has 0 aromatic carbocycles. The van der Waals surface area contributed by atoms with Crippen LogP contribution in [0.15, 0.2) is 16.8 Å². The molecule has 0 aliphatic carbocycles. The van der Waals surface area contributed by atoms with E-state index < -0.39 is 0 Å².